The van der Waals surface area contributed by atoms with Crippen LogP contribution in [0, 0.1) is 0 Å². The number of nitrogens with one attached hydrogen (secondary N) is 1. The zero-order chi connectivity index (χ0) is 16.2. The normalized spacial score (nSPS) is 18.1. The zero-order valence-electron chi connectivity index (χ0n) is 12.3. The van der Waals surface area contributed by atoms with Crippen LogP contribution in [0.2, 0.25) is 5.02 Å². The van der Waals surface area contributed by atoms with Crippen molar-refractivity contribution in [1.82, 2.24) is 15.1 Å². The van der Waals surface area contributed by atoms with Crippen LogP contribution in [0.25, 0.3) is 5.69 Å². The topological polar surface area (TPSA) is 29.9 Å². The Morgan fingerprint density at radius 3 is 2.74 bits per heavy atom. The van der Waals surface area contributed by atoms with Crippen LogP contribution in [-0.2, 0) is 19.1 Å². The van der Waals surface area contributed by atoms with Gasteiger partial charge in [-0.25, -0.2) is 4.68 Å². The summed E-state index contributed by atoms with van der Waals surface area (Å²) in [5.74, 6) is 0.458. The third-order valence-electron chi connectivity index (χ3n) is 4.43. The van der Waals surface area contributed by atoms with E-state index in [0.29, 0.717) is 11.6 Å². The first-order chi connectivity index (χ1) is 10.9. The summed E-state index contributed by atoms with van der Waals surface area (Å²) in [4.78, 5) is 0. The van der Waals surface area contributed by atoms with E-state index in [4.69, 9.17) is 11.6 Å². The van der Waals surface area contributed by atoms with Crippen LogP contribution in [0.4, 0.5) is 13.2 Å². The highest BCUT2D eigenvalue weighted by Gasteiger charge is 2.35. The van der Waals surface area contributed by atoms with E-state index < -0.39 is 11.7 Å². The van der Waals surface area contributed by atoms with E-state index in [9.17, 15) is 13.2 Å². The standard InChI is InChI=1S/C16H15ClF3N3/c17-13-4-3-10(7-12(13)16(18,19)20)23-14-5-6-21-8-11(14)15(22-23)9-1-2-9/h3-4,7,9,21H,1-2,5-6,8H2. The second kappa shape index (κ2) is 5.24. The van der Waals surface area contributed by atoms with Crippen LogP contribution in [0.15, 0.2) is 18.2 Å². The molecule has 1 aromatic carbocycles. The summed E-state index contributed by atoms with van der Waals surface area (Å²) in [6.07, 6.45) is -1.49. The summed E-state index contributed by atoms with van der Waals surface area (Å²) in [5, 5.41) is 7.68. The molecule has 1 aliphatic heterocycles. The molecule has 0 radical (unpaired) electrons. The van der Waals surface area contributed by atoms with Gasteiger partial charge in [0.1, 0.15) is 0 Å². The number of rotatable bonds is 2. The van der Waals surface area contributed by atoms with Crippen molar-refractivity contribution in [2.24, 2.45) is 0 Å². The summed E-state index contributed by atoms with van der Waals surface area (Å²) in [5.41, 5.74) is 2.81. The Morgan fingerprint density at radius 2 is 2.04 bits per heavy atom. The lowest BCUT2D eigenvalue weighted by atomic mass is 10.0. The molecule has 0 saturated heterocycles. The molecule has 1 saturated carbocycles. The molecule has 4 rings (SSSR count). The molecule has 0 bridgehead atoms. The molecular formula is C16H15ClF3N3. The van der Waals surface area contributed by atoms with E-state index in [1.54, 1.807) is 10.7 Å². The summed E-state index contributed by atoms with van der Waals surface area (Å²) in [6.45, 7) is 1.55. The smallest absolute Gasteiger partial charge is 0.312 e. The Balaban J connectivity index is 1.85. The third-order valence-corrected chi connectivity index (χ3v) is 4.75. The van der Waals surface area contributed by atoms with Crippen molar-refractivity contribution in [3.05, 3.63) is 45.7 Å². The highest BCUT2D eigenvalue weighted by molar-refractivity contribution is 6.31. The molecule has 23 heavy (non-hydrogen) atoms. The second-order valence-electron chi connectivity index (χ2n) is 6.09. The third kappa shape index (κ3) is 2.64. The summed E-state index contributed by atoms with van der Waals surface area (Å²) in [7, 11) is 0. The average Bonchev–Trinajstić information content (AvgIpc) is 3.28. The van der Waals surface area contributed by atoms with E-state index in [0.717, 1.165) is 55.4 Å². The first-order valence-electron chi connectivity index (χ1n) is 7.63. The number of fused-ring (bicyclic) bond motifs is 1. The number of hydrogen-bond donors (Lipinski definition) is 1. The van der Waals surface area contributed by atoms with Crippen LogP contribution in [0.3, 0.4) is 0 Å². The van der Waals surface area contributed by atoms with Gasteiger partial charge in [0.25, 0.3) is 0 Å². The molecule has 0 atom stereocenters. The van der Waals surface area contributed by atoms with Crippen molar-refractivity contribution >= 4 is 11.6 Å². The monoisotopic (exact) mass is 341 g/mol. The highest BCUT2D eigenvalue weighted by atomic mass is 35.5. The van der Waals surface area contributed by atoms with E-state index in [1.807, 2.05) is 0 Å². The van der Waals surface area contributed by atoms with Gasteiger partial charge in [-0.05, 0) is 31.0 Å². The Hall–Kier alpha value is -1.53. The van der Waals surface area contributed by atoms with E-state index in [2.05, 4.69) is 10.4 Å². The fourth-order valence-electron chi connectivity index (χ4n) is 3.13. The van der Waals surface area contributed by atoms with Gasteiger partial charge in [-0.2, -0.15) is 18.3 Å². The minimum Gasteiger partial charge on any atom is -0.312 e. The number of aromatic nitrogens is 2. The minimum atomic E-state index is -4.47. The van der Waals surface area contributed by atoms with Crippen molar-refractivity contribution < 1.29 is 13.2 Å². The number of benzene rings is 1. The van der Waals surface area contributed by atoms with Crippen molar-refractivity contribution in [3.8, 4) is 5.69 Å². The molecule has 2 aliphatic rings. The highest BCUT2D eigenvalue weighted by Crippen LogP contribution is 2.43. The van der Waals surface area contributed by atoms with Gasteiger partial charge in [-0.3, -0.25) is 0 Å². The predicted octanol–water partition coefficient (Wildman–Crippen LogP) is 4.07. The van der Waals surface area contributed by atoms with E-state index in [1.165, 1.54) is 6.07 Å². The number of nitrogens with zero attached hydrogens (tertiary/aromatic N) is 2. The van der Waals surface area contributed by atoms with Gasteiger partial charge in [0.05, 0.1) is 27.7 Å². The van der Waals surface area contributed by atoms with Crippen LogP contribution >= 0.6 is 11.6 Å². The predicted molar refractivity (Wildman–Crippen MR) is 81.0 cm³/mol. The molecule has 0 unspecified atom stereocenters. The molecule has 1 N–H and O–H groups in total. The summed E-state index contributed by atoms with van der Waals surface area (Å²) < 4.78 is 41.0. The van der Waals surface area contributed by atoms with Gasteiger partial charge in [-0.1, -0.05) is 11.6 Å². The number of alkyl halides is 3. The van der Waals surface area contributed by atoms with Crippen molar-refractivity contribution in [3.63, 3.8) is 0 Å². The lowest BCUT2D eigenvalue weighted by molar-refractivity contribution is -0.137. The fourth-order valence-corrected chi connectivity index (χ4v) is 3.36. The maximum Gasteiger partial charge on any atom is 0.417 e. The molecule has 0 amide bonds. The lowest BCUT2D eigenvalue weighted by Crippen LogP contribution is -2.25. The van der Waals surface area contributed by atoms with Crippen LogP contribution in [0.1, 0.15) is 41.3 Å². The zero-order valence-corrected chi connectivity index (χ0v) is 13.0. The first kappa shape index (κ1) is 15.0. The largest absolute Gasteiger partial charge is 0.417 e. The van der Waals surface area contributed by atoms with Crippen LogP contribution in [-0.4, -0.2) is 16.3 Å². The van der Waals surface area contributed by atoms with Gasteiger partial charge in [0.15, 0.2) is 0 Å². The Bertz CT molecular complexity index is 763. The molecule has 0 spiro atoms. The molecule has 1 aromatic heterocycles. The van der Waals surface area contributed by atoms with E-state index in [-0.39, 0.29) is 5.02 Å². The molecule has 1 aliphatic carbocycles. The minimum absolute atomic E-state index is 0.286. The lowest BCUT2D eigenvalue weighted by Gasteiger charge is -2.17. The van der Waals surface area contributed by atoms with E-state index >= 15 is 0 Å². The van der Waals surface area contributed by atoms with Gasteiger partial charge in [0.2, 0.25) is 0 Å². The van der Waals surface area contributed by atoms with Crippen LogP contribution < -0.4 is 5.32 Å². The van der Waals surface area contributed by atoms with Crippen molar-refractivity contribution in [1.29, 1.82) is 0 Å². The quantitative estimate of drug-likeness (QED) is 0.892. The SMILES string of the molecule is FC(F)(F)c1cc(-n2nc(C3CC3)c3c2CCNC3)ccc1Cl. The number of halogens is 4. The first-order valence-corrected chi connectivity index (χ1v) is 8.01. The molecule has 1 fully saturated rings. The molecule has 122 valence electrons. The van der Waals surface area contributed by atoms with Gasteiger partial charge in [-0.15, -0.1) is 0 Å². The van der Waals surface area contributed by atoms with Crippen molar-refractivity contribution in [2.45, 2.75) is 37.9 Å². The van der Waals surface area contributed by atoms with Crippen molar-refractivity contribution in [2.75, 3.05) is 6.54 Å². The Kier molecular flexibility index (Phi) is 3.43. The molecule has 7 heteroatoms. The van der Waals surface area contributed by atoms with Gasteiger partial charge >= 0.3 is 6.18 Å². The van der Waals surface area contributed by atoms with Gasteiger partial charge in [0, 0.05) is 31.0 Å². The Labute approximate surface area is 136 Å². The number of hydrogen-bond acceptors (Lipinski definition) is 2. The maximum atomic E-state index is 13.1. The fraction of sp³-hybridized carbons (Fsp3) is 0.438. The molecular weight excluding hydrogens is 327 g/mol. The molecule has 3 nitrogen and oxygen atoms in total. The summed E-state index contributed by atoms with van der Waals surface area (Å²) in [6, 6.07) is 3.99. The summed E-state index contributed by atoms with van der Waals surface area (Å²) >= 11 is 5.72. The Morgan fingerprint density at radius 1 is 1.26 bits per heavy atom. The van der Waals surface area contributed by atoms with Crippen LogP contribution in [0.5, 0.6) is 0 Å². The second-order valence-corrected chi connectivity index (χ2v) is 6.49. The maximum absolute atomic E-state index is 13.1. The van der Waals surface area contributed by atoms with Gasteiger partial charge < -0.3 is 5.32 Å². The molecule has 2 heterocycles. The average molecular weight is 342 g/mol. The molecule has 2 aromatic rings.